The summed E-state index contributed by atoms with van der Waals surface area (Å²) >= 11 is 0. The molecule has 0 fully saturated rings. The first kappa shape index (κ1) is 4.79. The quantitative estimate of drug-likeness (QED) is 0.503. The Morgan fingerprint density at radius 2 is 2.22 bits per heavy atom. The SMILES string of the molecule is C1=CC2N=CNC2C=C1.[HH]. The number of aliphatic imine (C=N–C) groups is 1. The standard InChI is InChI=1S/C7H8N2.H2/c1-2-4-7-6(3-1)8-5-9-7;/h1-7H,(H,8,9);1H. The first-order valence-electron chi connectivity index (χ1n) is 3.09. The molecule has 1 aliphatic carbocycles. The maximum atomic E-state index is 4.18. The van der Waals surface area contributed by atoms with E-state index >= 15 is 0 Å². The van der Waals surface area contributed by atoms with Crippen LogP contribution in [0.15, 0.2) is 29.3 Å². The molecule has 48 valence electrons. The van der Waals surface area contributed by atoms with Gasteiger partial charge in [-0.1, -0.05) is 24.3 Å². The van der Waals surface area contributed by atoms with Gasteiger partial charge in [-0.05, 0) is 0 Å². The van der Waals surface area contributed by atoms with E-state index in [0.29, 0.717) is 12.1 Å². The summed E-state index contributed by atoms with van der Waals surface area (Å²) in [5, 5.41) is 3.13. The van der Waals surface area contributed by atoms with Gasteiger partial charge in [0.25, 0.3) is 0 Å². The first-order chi connectivity index (χ1) is 4.47. The van der Waals surface area contributed by atoms with E-state index in [2.05, 4.69) is 22.5 Å². The zero-order chi connectivity index (χ0) is 6.10. The van der Waals surface area contributed by atoms with Crippen LogP contribution in [0.1, 0.15) is 1.43 Å². The second kappa shape index (κ2) is 1.72. The molecule has 2 unspecified atom stereocenters. The number of fused-ring (bicyclic) bond motifs is 1. The topological polar surface area (TPSA) is 24.4 Å². The Hall–Kier alpha value is -1.05. The predicted octanol–water partition coefficient (Wildman–Crippen LogP) is 0.727. The van der Waals surface area contributed by atoms with E-state index in [0.717, 1.165) is 0 Å². The lowest BCUT2D eigenvalue weighted by Crippen LogP contribution is -2.29. The average molecular weight is 122 g/mol. The fourth-order valence-electron chi connectivity index (χ4n) is 1.11. The van der Waals surface area contributed by atoms with Crippen LogP contribution in [0.5, 0.6) is 0 Å². The molecule has 1 N–H and O–H groups in total. The van der Waals surface area contributed by atoms with Crippen LogP contribution in [0.3, 0.4) is 0 Å². The van der Waals surface area contributed by atoms with Gasteiger partial charge in [-0.25, -0.2) is 0 Å². The molecule has 2 nitrogen and oxygen atoms in total. The summed E-state index contributed by atoms with van der Waals surface area (Å²) in [5.74, 6) is 0. The van der Waals surface area contributed by atoms with Crippen molar-refractivity contribution >= 4 is 6.34 Å². The second-order valence-corrected chi connectivity index (χ2v) is 2.23. The fourth-order valence-corrected chi connectivity index (χ4v) is 1.11. The van der Waals surface area contributed by atoms with Crippen LogP contribution < -0.4 is 5.32 Å². The molecule has 1 heterocycles. The average Bonchev–Trinajstić information content (AvgIpc) is 2.33. The molecule has 2 atom stereocenters. The molecule has 9 heavy (non-hydrogen) atoms. The third-order valence-corrected chi connectivity index (χ3v) is 1.62. The Morgan fingerprint density at radius 1 is 1.33 bits per heavy atom. The van der Waals surface area contributed by atoms with Gasteiger partial charge < -0.3 is 5.32 Å². The van der Waals surface area contributed by atoms with Crippen LogP contribution in [-0.2, 0) is 0 Å². The van der Waals surface area contributed by atoms with Crippen molar-refractivity contribution in [3.8, 4) is 0 Å². The Balaban J connectivity index is 0.000000500. The summed E-state index contributed by atoms with van der Waals surface area (Å²) in [6.45, 7) is 0. The van der Waals surface area contributed by atoms with Crippen LogP contribution in [0.2, 0.25) is 0 Å². The van der Waals surface area contributed by atoms with Crippen molar-refractivity contribution < 1.29 is 1.43 Å². The molecule has 0 aromatic rings. The fraction of sp³-hybridized carbons (Fsp3) is 0.286. The van der Waals surface area contributed by atoms with Crippen LogP contribution in [0, 0.1) is 0 Å². The lowest BCUT2D eigenvalue weighted by Gasteiger charge is -2.12. The highest BCUT2D eigenvalue weighted by Gasteiger charge is 2.19. The molecule has 1 aliphatic heterocycles. The van der Waals surface area contributed by atoms with Gasteiger partial charge in [0.15, 0.2) is 0 Å². The molecular formula is C7H10N2. The van der Waals surface area contributed by atoms with Gasteiger partial charge in [0.05, 0.1) is 18.4 Å². The lowest BCUT2D eigenvalue weighted by molar-refractivity contribution is 0.696. The summed E-state index contributed by atoms with van der Waals surface area (Å²) in [5.41, 5.74) is 0. The molecule has 0 radical (unpaired) electrons. The second-order valence-electron chi connectivity index (χ2n) is 2.23. The number of allylic oxidation sites excluding steroid dienone is 2. The van der Waals surface area contributed by atoms with Crippen LogP contribution in [0.25, 0.3) is 0 Å². The van der Waals surface area contributed by atoms with Crippen LogP contribution in [-0.4, -0.2) is 18.4 Å². The molecule has 0 amide bonds. The first-order valence-corrected chi connectivity index (χ1v) is 3.09. The summed E-state index contributed by atoms with van der Waals surface area (Å²) in [7, 11) is 0. The van der Waals surface area contributed by atoms with E-state index in [4.69, 9.17) is 0 Å². The van der Waals surface area contributed by atoms with E-state index in [-0.39, 0.29) is 1.43 Å². The van der Waals surface area contributed by atoms with E-state index in [9.17, 15) is 0 Å². The Kier molecular flexibility index (Phi) is 0.918. The van der Waals surface area contributed by atoms with Crippen molar-refractivity contribution in [2.75, 3.05) is 0 Å². The third kappa shape index (κ3) is 0.669. The molecule has 0 aromatic carbocycles. The van der Waals surface area contributed by atoms with E-state index < -0.39 is 0 Å². The number of rotatable bonds is 0. The minimum absolute atomic E-state index is 0. The number of hydrogen-bond acceptors (Lipinski definition) is 2. The van der Waals surface area contributed by atoms with E-state index in [1.807, 2.05) is 12.2 Å². The van der Waals surface area contributed by atoms with Gasteiger partial charge in [0, 0.05) is 1.43 Å². The molecule has 0 aromatic heterocycles. The van der Waals surface area contributed by atoms with Crippen LogP contribution >= 0.6 is 0 Å². The van der Waals surface area contributed by atoms with Crippen molar-refractivity contribution in [1.82, 2.24) is 5.32 Å². The molecule has 2 heteroatoms. The monoisotopic (exact) mass is 122 g/mol. The maximum Gasteiger partial charge on any atom is 0.0937 e. The summed E-state index contributed by atoms with van der Waals surface area (Å²) in [6.07, 6.45) is 10.1. The normalized spacial score (nSPS) is 36.4. The van der Waals surface area contributed by atoms with Gasteiger partial charge in [-0.3, -0.25) is 4.99 Å². The van der Waals surface area contributed by atoms with Crippen molar-refractivity contribution in [2.45, 2.75) is 12.1 Å². The Labute approximate surface area is 55.5 Å². The molecule has 2 aliphatic rings. The maximum absolute atomic E-state index is 4.18. The molecule has 0 saturated heterocycles. The predicted molar refractivity (Wildman–Crippen MR) is 39.6 cm³/mol. The zero-order valence-corrected chi connectivity index (χ0v) is 4.99. The van der Waals surface area contributed by atoms with Gasteiger partial charge in [0.1, 0.15) is 0 Å². The molecule has 2 rings (SSSR count). The highest BCUT2D eigenvalue weighted by molar-refractivity contribution is 5.60. The lowest BCUT2D eigenvalue weighted by atomic mass is 10.1. The van der Waals surface area contributed by atoms with Gasteiger partial charge in [-0.15, -0.1) is 0 Å². The minimum atomic E-state index is 0. The van der Waals surface area contributed by atoms with Gasteiger partial charge in [0.2, 0.25) is 0 Å². The zero-order valence-electron chi connectivity index (χ0n) is 4.99. The van der Waals surface area contributed by atoms with Crippen LogP contribution in [0.4, 0.5) is 0 Å². The molecular weight excluding hydrogens is 112 g/mol. The van der Waals surface area contributed by atoms with Crippen molar-refractivity contribution in [3.05, 3.63) is 24.3 Å². The largest absolute Gasteiger partial charge is 0.368 e. The van der Waals surface area contributed by atoms with Gasteiger partial charge >= 0.3 is 0 Å². The highest BCUT2D eigenvalue weighted by Crippen LogP contribution is 2.10. The highest BCUT2D eigenvalue weighted by atomic mass is 15.1. The number of nitrogens with zero attached hydrogens (tertiary/aromatic N) is 1. The van der Waals surface area contributed by atoms with Crippen molar-refractivity contribution in [3.63, 3.8) is 0 Å². The minimum Gasteiger partial charge on any atom is -0.368 e. The number of hydrogen-bond donors (Lipinski definition) is 1. The van der Waals surface area contributed by atoms with E-state index in [1.165, 1.54) is 0 Å². The summed E-state index contributed by atoms with van der Waals surface area (Å²) in [6, 6.07) is 0.782. The number of nitrogens with one attached hydrogen (secondary N) is 1. The smallest absolute Gasteiger partial charge is 0.0937 e. The summed E-state index contributed by atoms with van der Waals surface area (Å²) in [4.78, 5) is 4.18. The Morgan fingerprint density at radius 3 is 3.11 bits per heavy atom. The van der Waals surface area contributed by atoms with E-state index in [1.54, 1.807) is 6.34 Å². The Bertz CT molecular complexity index is 196. The van der Waals surface area contributed by atoms with Gasteiger partial charge in [-0.2, -0.15) is 0 Å². The van der Waals surface area contributed by atoms with Crippen molar-refractivity contribution in [1.29, 1.82) is 0 Å². The molecule has 0 bridgehead atoms. The molecule has 0 saturated carbocycles. The van der Waals surface area contributed by atoms with Crippen molar-refractivity contribution in [2.24, 2.45) is 4.99 Å². The third-order valence-electron chi connectivity index (χ3n) is 1.62. The molecule has 0 spiro atoms. The summed E-state index contributed by atoms with van der Waals surface area (Å²) < 4.78 is 0.